The average molecular weight is 410 g/mol. The highest BCUT2D eigenvalue weighted by molar-refractivity contribution is 8.00. The fraction of sp³-hybridized carbons (Fsp3) is 0.333. The number of nitrogens with zero attached hydrogens (tertiary/aromatic N) is 4. The first kappa shape index (κ1) is 19.4. The summed E-state index contributed by atoms with van der Waals surface area (Å²) in [4.78, 5) is 13.2. The molecule has 1 amide bonds. The number of rotatable bonds is 7. The molecule has 1 fully saturated rings. The van der Waals surface area contributed by atoms with E-state index in [1.54, 1.807) is 13.2 Å². The van der Waals surface area contributed by atoms with Gasteiger partial charge in [0.05, 0.1) is 13.2 Å². The van der Waals surface area contributed by atoms with Crippen LogP contribution in [0.25, 0.3) is 0 Å². The van der Waals surface area contributed by atoms with Crippen LogP contribution in [0.15, 0.2) is 59.8 Å². The maximum absolute atomic E-state index is 13.2. The van der Waals surface area contributed by atoms with Gasteiger partial charge in [0.1, 0.15) is 11.0 Å². The number of carbonyl (C=O) groups excluding carboxylic acids is 1. The quantitative estimate of drug-likeness (QED) is 0.587. The molecule has 0 aliphatic heterocycles. The van der Waals surface area contributed by atoms with E-state index in [9.17, 15) is 4.79 Å². The number of benzene rings is 2. The Morgan fingerprint density at radius 1 is 1.17 bits per heavy atom. The molecular weight excluding hydrogens is 386 g/mol. The largest absolute Gasteiger partial charge is 0.497 e. The van der Waals surface area contributed by atoms with Crippen LogP contribution in [0.1, 0.15) is 42.5 Å². The lowest BCUT2D eigenvalue weighted by Gasteiger charge is -2.18. The molecule has 0 spiro atoms. The minimum absolute atomic E-state index is 0.129. The van der Waals surface area contributed by atoms with Crippen molar-refractivity contribution in [1.29, 1.82) is 0 Å². The van der Waals surface area contributed by atoms with Crippen molar-refractivity contribution in [2.75, 3.05) is 12.4 Å². The summed E-state index contributed by atoms with van der Waals surface area (Å²) in [6.45, 7) is 0. The Bertz CT molecular complexity index is 956. The van der Waals surface area contributed by atoms with E-state index in [0.717, 1.165) is 18.4 Å². The van der Waals surface area contributed by atoms with Gasteiger partial charge in [-0.15, -0.1) is 5.10 Å². The van der Waals surface area contributed by atoms with Crippen LogP contribution < -0.4 is 10.1 Å². The lowest BCUT2D eigenvalue weighted by molar-refractivity contribution is -0.115. The van der Waals surface area contributed by atoms with Crippen LogP contribution in [-0.2, 0) is 4.79 Å². The molecule has 29 heavy (non-hydrogen) atoms. The number of thioether (sulfide) groups is 1. The molecule has 0 unspecified atom stereocenters. The second-order valence-corrected chi connectivity index (χ2v) is 8.05. The topological polar surface area (TPSA) is 81.9 Å². The number of ether oxygens (including phenoxy) is 1. The van der Waals surface area contributed by atoms with Gasteiger partial charge in [0, 0.05) is 11.8 Å². The van der Waals surface area contributed by atoms with Crippen molar-refractivity contribution in [2.45, 2.75) is 42.1 Å². The lowest BCUT2D eigenvalue weighted by Crippen LogP contribution is -2.20. The highest BCUT2D eigenvalue weighted by atomic mass is 32.2. The normalized spacial score (nSPS) is 15.2. The molecule has 1 aliphatic rings. The summed E-state index contributed by atoms with van der Waals surface area (Å²) in [5.41, 5.74) is 1.59. The molecule has 0 saturated heterocycles. The third-order valence-electron chi connectivity index (χ3n) is 5.03. The third kappa shape index (κ3) is 4.59. The second kappa shape index (κ2) is 9.09. The summed E-state index contributed by atoms with van der Waals surface area (Å²) in [7, 11) is 1.60. The monoisotopic (exact) mass is 409 g/mol. The maximum Gasteiger partial charge on any atom is 0.242 e. The summed E-state index contributed by atoms with van der Waals surface area (Å²) in [5.74, 6) is 0.562. The van der Waals surface area contributed by atoms with Crippen LogP contribution in [0.5, 0.6) is 5.75 Å². The van der Waals surface area contributed by atoms with E-state index in [4.69, 9.17) is 4.74 Å². The molecule has 1 saturated carbocycles. The number of methoxy groups -OCH3 is 1. The number of amides is 1. The Hall–Kier alpha value is -2.87. The van der Waals surface area contributed by atoms with Crippen molar-refractivity contribution in [3.63, 3.8) is 0 Å². The van der Waals surface area contributed by atoms with Crippen molar-refractivity contribution in [3.05, 3.63) is 60.2 Å². The van der Waals surface area contributed by atoms with Gasteiger partial charge in [0.2, 0.25) is 11.1 Å². The molecule has 1 N–H and O–H groups in total. The molecule has 7 nitrogen and oxygen atoms in total. The number of hydrogen-bond donors (Lipinski definition) is 1. The summed E-state index contributed by atoms with van der Waals surface area (Å²) in [6.07, 6.45) is 4.52. The fourth-order valence-electron chi connectivity index (χ4n) is 3.56. The number of nitrogens with one attached hydrogen (secondary N) is 1. The second-order valence-electron chi connectivity index (χ2n) is 6.97. The van der Waals surface area contributed by atoms with Gasteiger partial charge in [-0.1, -0.05) is 61.0 Å². The van der Waals surface area contributed by atoms with Gasteiger partial charge in [0.15, 0.2) is 0 Å². The zero-order chi connectivity index (χ0) is 20.1. The molecule has 1 heterocycles. The Morgan fingerprint density at radius 3 is 2.72 bits per heavy atom. The van der Waals surface area contributed by atoms with Crippen LogP contribution in [-0.4, -0.2) is 33.2 Å². The van der Waals surface area contributed by atoms with Crippen molar-refractivity contribution in [3.8, 4) is 5.75 Å². The van der Waals surface area contributed by atoms with Crippen LogP contribution in [0.2, 0.25) is 0 Å². The van der Waals surface area contributed by atoms with E-state index in [1.807, 2.05) is 53.2 Å². The molecule has 0 bridgehead atoms. The van der Waals surface area contributed by atoms with E-state index in [2.05, 4.69) is 20.8 Å². The van der Waals surface area contributed by atoms with Crippen molar-refractivity contribution in [2.24, 2.45) is 0 Å². The maximum atomic E-state index is 13.2. The van der Waals surface area contributed by atoms with Crippen LogP contribution in [0.4, 0.5) is 5.69 Å². The zero-order valence-electron chi connectivity index (χ0n) is 16.2. The van der Waals surface area contributed by atoms with Gasteiger partial charge in [-0.3, -0.25) is 4.79 Å². The first-order chi connectivity index (χ1) is 14.2. The molecule has 2 aromatic carbocycles. The first-order valence-corrected chi connectivity index (χ1v) is 10.6. The number of tetrazole rings is 1. The highest BCUT2D eigenvalue weighted by Gasteiger charge is 2.28. The van der Waals surface area contributed by atoms with Crippen LogP contribution in [0, 0.1) is 0 Å². The summed E-state index contributed by atoms with van der Waals surface area (Å²) >= 11 is 1.38. The predicted molar refractivity (Wildman–Crippen MR) is 112 cm³/mol. The van der Waals surface area contributed by atoms with E-state index < -0.39 is 5.25 Å². The number of carbonyl (C=O) groups is 1. The molecular formula is C21H23N5O2S. The Balaban J connectivity index is 1.59. The third-order valence-corrected chi connectivity index (χ3v) is 6.24. The van der Waals surface area contributed by atoms with Gasteiger partial charge >= 0.3 is 0 Å². The fourth-order valence-corrected chi connectivity index (χ4v) is 4.60. The van der Waals surface area contributed by atoms with Crippen LogP contribution in [0.3, 0.4) is 0 Å². The van der Waals surface area contributed by atoms with Gasteiger partial charge in [0.25, 0.3) is 0 Å². The number of aromatic nitrogens is 4. The molecule has 3 aromatic rings. The van der Waals surface area contributed by atoms with Crippen molar-refractivity contribution < 1.29 is 9.53 Å². The molecule has 8 heteroatoms. The Morgan fingerprint density at radius 2 is 1.97 bits per heavy atom. The first-order valence-electron chi connectivity index (χ1n) is 9.69. The Kier molecular flexibility index (Phi) is 6.09. The summed E-state index contributed by atoms with van der Waals surface area (Å²) < 4.78 is 7.13. The molecule has 0 radical (unpaired) electrons. The van der Waals surface area contributed by atoms with Gasteiger partial charge < -0.3 is 10.1 Å². The molecule has 1 aliphatic carbocycles. The number of hydrogen-bond acceptors (Lipinski definition) is 6. The Labute approximate surface area is 173 Å². The molecule has 150 valence electrons. The summed E-state index contributed by atoms with van der Waals surface area (Å²) in [6, 6.07) is 17.3. The predicted octanol–water partition coefficient (Wildman–Crippen LogP) is 4.27. The van der Waals surface area contributed by atoms with E-state index >= 15 is 0 Å². The minimum Gasteiger partial charge on any atom is -0.497 e. The average Bonchev–Trinajstić information content (AvgIpc) is 3.44. The van der Waals surface area contributed by atoms with E-state index in [-0.39, 0.29) is 5.91 Å². The van der Waals surface area contributed by atoms with Gasteiger partial charge in [-0.2, -0.15) is 0 Å². The SMILES string of the molecule is COc1cccc(NC(=O)[C@H](Sc2nnnn2C2CCCC2)c2ccccc2)c1. The van der Waals surface area contributed by atoms with Gasteiger partial charge in [-0.25, -0.2) is 4.68 Å². The van der Waals surface area contributed by atoms with Gasteiger partial charge in [-0.05, 0) is 41.0 Å². The smallest absolute Gasteiger partial charge is 0.242 e. The molecule has 4 rings (SSSR count). The standard InChI is InChI=1S/C21H23N5O2S/c1-28-18-13-7-10-16(14-18)22-20(27)19(15-8-3-2-4-9-15)29-21-23-24-25-26(21)17-11-5-6-12-17/h2-4,7-10,13-14,17,19H,5-6,11-12H2,1H3,(H,22,27)/t19-/m1/s1. The van der Waals surface area contributed by atoms with Crippen molar-refractivity contribution >= 4 is 23.4 Å². The van der Waals surface area contributed by atoms with Crippen LogP contribution >= 0.6 is 11.8 Å². The lowest BCUT2D eigenvalue weighted by atomic mass is 10.1. The highest BCUT2D eigenvalue weighted by Crippen LogP contribution is 2.38. The summed E-state index contributed by atoms with van der Waals surface area (Å²) in [5, 5.41) is 15.5. The molecule has 1 atom stereocenters. The minimum atomic E-state index is -0.478. The van der Waals surface area contributed by atoms with E-state index in [0.29, 0.717) is 22.6 Å². The van der Waals surface area contributed by atoms with E-state index in [1.165, 1.54) is 24.6 Å². The van der Waals surface area contributed by atoms with Crippen molar-refractivity contribution in [1.82, 2.24) is 20.2 Å². The number of anilines is 1. The zero-order valence-corrected chi connectivity index (χ0v) is 17.0. The molecule has 1 aromatic heterocycles.